The van der Waals surface area contributed by atoms with Gasteiger partial charge >= 0.3 is 0 Å². The molecule has 2 rings (SSSR count). The molecule has 0 bridgehead atoms. The lowest BCUT2D eigenvalue weighted by atomic mass is 10.2. The normalized spacial score (nSPS) is 11.3. The molecule has 0 fully saturated rings. The number of fused-ring (bicyclic) bond motifs is 1. The van der Waals surface area contributed by atoms with Gasteiger partial charge in [0.15, 0.2) is 0 Å². The maximum atomic E-state index is 5.77. The lowest BCUT2D eigenvalue weighted by molar-refractivity contribution is 0.615. The Morgan fingerprint density at radius 1 is 1.41 bits per heavy atom. The van der Waals surface area contributed by atoms with Gasteiger partial charge in [0.25, 0.3) is 0 Å². The summed E-state index contributed by atoms with van der Waals surface area (Å²) >= 11 is 5.77. The Balaban J connectivity index is 2.37. The van der Waals surface area contributed by atoms with Crippen molar-refractivity contribution in [1.82, 2.24) is 4.98 Å². The zero-order valence-corrected chi connectivity index (χ0v) is 10.9. The topological polar surface area (TPSA) is 29.3 Å². The van der Waals surface area contributed by atoms with Gasteiger partial charge in [-0.15, -0.1) is 11.6 Å². The van der Waals surface area contributed by atoms with Gasteiger partial charge in [0, 0.05) is 24.7 Å². The lowest BCUT2D eigenvalue weighted by Crippen LogP contribution is -2.32. The summed E-state index contributed by atoms with van der Waals surface area (Å²) in [6, 6.07) is 4.25. The first-order chi connectivity index (χ1) is 8.24. The molecule has 0 aromatic carbocycles. The third-order valence-corrected chi connectivity index (χ3v) is 3.05. The van der Waals surface area contributed by atoms with Crippen LogP contribution < -0.4 is 4.90 Å². The number of rotatable bonds is 5. The van der Waals surface area contributed by atoms with E-state index in [4.69, 9.17) is 16.0 Å². The summed E-state index contributed by atoms with van der Waals surface area (Å²) < 4.78 is 5.40. The molecule has 0 saturated heterocycles. The van der Waals surface area contributed by atoms with Crippen LogP contribution in [0.2, 0.25) is 0 Å². The average molecular weight is 253 g/mol. The lowest BCUT2D eigenvalue weighted by Gasteiger charge is -2.28. The van der Waals surface area contributed by atoms with E-state index in [1.165, 1.54) is 0 Å². The highest BCUT2D eigenvalue weighted by Gasteiger charge is 2.15. The van der Waals surface area contributed by atoms with Crippen LogP contribution in [0.5, 0.6) is 0 Å². The van der Waals surface area contributed by atoms with Crippen molar-refractivity contribution in [2.45, 2.75) is 26.3 Å². The van der Waals surface area contributed by atoms with Gasteiger partial charge in [-0.2, -0.15) is 0 Å². The molecule has 0 spiro atoms. The van der Waals surface area contributed by atoms with Gasteiger partial charge < -0.3 is 9.32 Å². The predicted octanol–water partition coefficient (Wildman–Crippen LogP) is 3.67. The number of hydrogen-bond acceptors (Lipinski definition) is 3. The van der Waals surface area contributed by atoms with Gasteiger partial charge in [-0.3, -0.25) is 0 Å². The highest BCUT2D eigenvalue weighted by molar-refractivity contribution is 6.17. The Labute approximate surface area is 106 Å². The molecule has 92 valence electrons. The molecular formula is C13H17ClN2O. The third kappa shape index (κ3) is 2.55. The number of anilines is 1. The van der Waals surface area contributed by atoms with E-state index in [-0.39, 0.29) is 0 Å². The van der Waals surface area contributed by atoms with E-state index in [1.807, 2.05) is 12.1 Å². The predicted molar refractivity (Wildman–Crippen MR) is 71.8 cm³/mol. The number of halogens is 1. The SMILES string of the molecule is CC(C)N(CCCCl)c1nccc2occc12. The second-order valence-electron chi connectivity index (χ2n) is 4.30. The fourth-order valence-electron chi connectivity index (χ4n) is 1.95. The molecule has 2 heterocycles. The van der Waals surface area contributed by atoms with Crippen LogP contribution in [-0.2, 0) is 0 Å². The van der Waals surface area contributed by atoms with Crippen LogP contribution in [0.4, 0.5) is 5.82 Å². The smallest absolute Gasteiger partial charge is 0.139 e. The molecule has 0 amide bonds. The van der Waals surface area contributed by atoms with E-state index < -0.39 is 0 Å². The zero-order chi connectivity index (χ0) is 12.3. The van der Waals surface area contributed by atoms with Crippen molar-refractivity contribution in [3.8, 4) is 0 Å². The molecule has 0 aliphatic rings. The van der Waals surface area contributed by atoms with Crippen molar-refractivity contribution in [2.24, 2.45) is 0 Å². The minimum atomic E-state index is 0.395. The summed E-state index contributed by atoms with van der Waals surface area (Å²) in [5, 5.41) is 1.07. The molecule has 2 aromatic rings. The van der Waals surface area contributed by atoms with Gasteiger partial charge in [-0.05, 0) is 32.4 Å². The summed E-state index contributed by atoms with van der Waals surface area (Å²) in [5.74, 6) is 1.65. The zero-order valence-electron chi connectivity index (χ0n) is 10.2. The molecule has 0 N–H and O–H groups in total. The van der Waals surface area contributed by atoms with E-state index in [0.717, 1.165) is 29.8 Å². The number of pyridine rings is 1. The molecule has 0 aliphatic carbocycles. The first-order valence-electron chi connectivity index (χ1n) is 5.89. The van der Waals surface area contributed by atoms with Gasteiger partial charge in [-0.25, -0.2) is 4.98 Å². The van der Waals surface area contributed by atoms with E-state index in [1.54, 1.807) is 12.5 Å². The second kappa shape index (κ2) is 5.41. The molecule has 0 radical (unpaired) electrons. The largest absolute Gasteiger partial charge is 0.464 e. The van der Waals surface area contributed by atoms with Crippen molar-refractivity contribution in [3.05, 3.63) is 24.6 Å². The molecule has 0 saturated carbocycles. The Bertz CT molecular complexity index is 481. The molecule has 4 heteroatoms. The molecule has 0 aliphatic heterocycles. The minimum Gasteiger partial charge on any atom is -0.464 e. The Morgan fingerprint density at radius 3 is 2.94 bits per heavy atom. The van der Waals surface area contributed by atoms with Crippen molar-refractivity contribution >= 4 is 28.4 Å². The highest BCUT2D eigenvalue weighted by atomic mass is 35.5. The number of alkyl halides is 1. The minimum absolute atomic E-state index is 0.395. The number of nitrogens with zero attached hydrogens (tertiary/aromatic N) is 2. The standard InChI is InChI=1S/C13H17ClN2O/c1-10(2)16(8-3-6-14)13-11-5-9-17-12(11)4-7-15-13/h4-5,7,9-10H,3,6,8H2,1-2H3. The average Bonchev–Trinajstić information content (AvgIpc) is 2.77. The Morgan fingerprint density at radius 2 is 2.24 bits per heavy atom. The van der Waals surface area contributed by atoms with E-state index in [2.05, 4.69) is 23.7 Å². The van der Waals surface area contributed by atoms with E-state index >= 15 is 0 Å². The quantitative estimate of drug-likeness (QED) is 0.761. The van der Waals surface area contributed by atoms with Crippen molar-refractivity contribution in [1.29, 1.82) is 0 Å². The van der Waals surface area contributed by atoms with Crippen LogP contribution >= 0.6 is 11.6 Å². The molecule has 2 aromatic heterocycles. The van der Waals surface area contributed by atoms with Crippen molar-refractivity contribution in [2.75, 3.05) is 17.3 Å². The van der Waals surface area contributed by atoms with Gasteiger partial charge in [-0.1, -0.05) is 0 Å². The van der Waals surface area contributed by atoms with Crippen LogP contribution in [0, 0.1) is 0 Å². The van der Waals surface area contributed by atoms with Crippen LogP contribution in [0.25, 0.3) is 11.0 Å². The third-order valence-electron chi connectivity index (χ3n) is 2.79. The van der Waals surface area contributed by atoms with Gasteiger partial charge in [0.2, 0.25) is 0 Å². The number of aromatic nitrogens is 1. The van der Waals surface area contributed by atoms with E-state index in [9.17, 15) is 0 Å². The second-order valence-corrected chi connectivity index (χ2v) is 4.67. The first kappa shape index (κ1) is 12.2. The number of furan rings is 1. The van der Waals surface area contributed by atoms with Crippen molar-refractivity contribution < 1.29 is 4.42 Å². The summed E-state index contributed by atoms with van der Waals surface area (Å²) in [5.41, 5.74) is 0.881. The highest BCUT2D eigenvalue weighted by Crippen LogP contribution is 2.26. The van der Waals surface area contributed by atoms with Crippen LogP contribution in [0.1, 0.15) is 20.3 Å². The summed E-state index contributed by atoms with van der Waals surface area (Å²) in [7, 11) is 0. The van der Waals surface area contributed by atoms with Crippen LogP contribution in [0.3, 0.4) is 0 Å². The monoisotopic (exact) mass is 252 g/mol. The molecule has 0 unspecified atom stereocenters. The van der Waals surface area contributed by atoms with E-state index in [0.29, 0.717) is 11.9 Å². The van der Waals surface area contributed by atoms with Gasteiger partial charge in [0.1, 0.15) is 11.4 Å². The Hall–Kier alpha value is -1.22. The fraction of sp³-hybridized carbons (Fsp3) is 0.462. The maximum absolute atomic E-state index is 5.77. The molecule has 17 heavy (non-hydrogen) atoms. The van der Waals surface area contributed by atoms with Gasteiger partial charge in [0.05, 0.1) is 11.6 Å². The fourth-order valence-corrected chi connectivity index (χ4v) is 2.07. The van der Waals surface area contributed by atoms with Crippen molar-refractivity contribution in [3.63, 3.8) is 0 Å². The summed E-state index contributed by atoms with van der Waals surface area (Å²) in [6.45, 7) is 5.24. The molecule has 3 nitrogen and oxygen atoms in total. The van der Waals surface area contributed by atoms with Crippen LogP contribution in [0.15, 0.2) is 29.0 Å². The van der Waals surface area contributed by atoms with Crippen LogP contribution in [-0.4, -0.2) is 23.5 Å². The molecular weight excluding hydrogens is 236 g/mol. The maximum Gasteiger partial charge on any atom is 0.139 e. The first-order valence-corrected chi connectivity index (χ1v) is 6.42. The molecule has 0 atom stereocenters. The summed E-state index contributed by atoms with van der Waals surface area (Å²) in [6.07, 6.45) is 4.45. The number of hydrogen-bond donors (Lipinski definition) is 0. The Kier molecular flexibility index (Phi) is 3.89. The summed E-state index contributed by atoms with van der Waals surface area (Å²) in [4.78, 5) is 6.74.